The smallest absolute Gasteiger partial charge is 0.267 e. The Bertz CT molecular complexity index is 1050. The molecular weight excluding hydrogens is 374 g/mol. The van der Waals surface area contributed by atoms with Gasteiger partial charge in [-0.3, -0.25) is 9.59 Å². The average molecular weight is 398 g/mol. The van der Waals surface area contributed by atoms with E-state index in [-0.39, 0.29) is 17.4 Å². The van der Waals surface area contributed by atoms with Gasteiger partial charge < -0.3 is 10.3 Å². The predicted octanol–water partition coefficient (Wildman–Crippen LogP) is 4.63. The number of hydrogen-bond acceptors (Lipinski definition) is 3. The first-order valence-electron chi connectivity index (χ1n) is 9.44. The molecule has 2 N–H and O–H groups in total. The monoisotopic (exact) mass is 397 g/mol. The summed E-state index contributed by atoms with van der Waals surface area (Å²) >= 11 is 6.38. The van der Waals surface area contributed by atoms with Crippen LogP contribution in [0.4, 0.5) is 0 Å². The number of benzene rings is 1. The van der Waals surface area contributed by atoms with E-state index in [0.717, 1.165) is 29.5 Å². The fourth-order valence-electron chi connectivity index (χ4n) is 3.43. The van der Waals surface area contributed by atoms with Crippen molar-refractivity contribution < 1.29 is 9.59 Å². The number of rotatable bonds is 7. The molecule has 1 aromatic carbocycles. The first kappa shape index (κ1) is 20.1. The van der Waals surface area contributed by atoms with Gasteiger partial charge in [0.15, 0.2) is 5.78 Å². The summed E-state index contributed by atoms with van der Waals surface area (Å²) in [4.78, 5) is 29.2. The Kier molecular flexibility index (Phi) is 5.84. The summed E-state index contributed by atoms with van der Waals surface area (Å²) in [5, 5.41) is 1.40. The molecule has 0 atom stereocenters. The standard InChI is InChI=1S/C22H24ClN3O2/c1-4-7-18-19(20(27)13(2)3)15-10-11-17(21(24)28)25-22(15)26(18)12-14-8-5-6-9-16(14)23/h5-6,8-11,13H,4,7,12H2,1-3H3,(H2,24,28). The number of carbonyl (C=O) groups is 2. The van der Waals surface area contributed by atoms with E-state index in [0.29, 0.717) is 22.8 Å². The van der Waals surface area contributed by atoms with Gasteiger partial charge in [-0.2, -0.15) is 0 Å². The van der Waals surface area contributed by atoms with Gasteiger partial charge in [0.05, 0.1) is 6.54 Å². The molecular formula is C22H24ClN3O2. The Morgan fingerprint density at radius 3 is 2.50 bits per heavy atom. The van der Waals surface area contributed by atoms with E-state index >= 15 is 0 Å². The number of nitrogens with zero attached hydrogens (tertiary/aromatic N) is 2. The van der Waals surface area contributed by atoms with Crippen LogP contribution in [-0.2, 0) is 13.0 Å². The molecule has 0 saturated carbocycles. The molecule has 3 rings (SSSR count). The van der Waals surface area contributed by atoms with Gasteiger partial charge >= 0.3 is 0 Å². The molecule has 0 radical (unpaired) electrons. The fourth-order valence-corrected chi connectivity index (χ4v) is 3.63. The third-order valence-electron chi connectivity index (χ3n) is 4.81. The van der Waals surface area contributed by atoms with Gasteiger partial charge in [0, 0.05) is 27.6 Å². The van der Waals surface area contributed by atoms with Crippen molar-refractivity contribution in [3.8, 4) is 0 Å². The highest BCUT2D eigenvalue weighted by atomic mass is 35.5. The molecule has 2 heterocycles. The largest absolute Gasteiger partial charge is 0.364 e. The molecule has 0 bridgehead atoms. The average Bonchev–Trinajstić information content (AvgIpc) is 2.95. The summed E-state index contributed by atoms with van der Waals surface area (Å²) in [6.07, 6.45) is 1.60. The second kappa shape index (κ2) is 8.15. The molecule has 0 aliphatic carbocycles. The summed E-state index contributed by atoms with van der Waals surface area (Å²) < 4.78 is 2.00. The maximum Gasteiger partial charge on any atom is 0.267 e. The van der Waals surface area contributed by atoms with Crippen LogP contribution in [0.3, 0.4) is 0 Å². The van der Waals surface area contributed by atoms with Gasteiger partial charge in [0.1, 0.15) is 11.3 Å². The van der Waals surface area contributed by atoms with Crippen molar-refractivity contribution in [1.82, 2.24) is 9.55 Å². The Hall–Kier alpha value is -2.66. The Morgan fingerprint density at radius 1 is 1.18 bits per heavy atom. The lowest BCUT2D eigenvalue weighted by atomic mass is 9.97. The van der Waals surface area contributed by atoms with Crippen LogP contribution in [0.1, 0.15) is 59.3 Å². The van der Waals surface area contributed by atoms with E-state index in [1.165, 1.54) is 0 Å². The van der Waals surface area contributed by atoms with E-state index in [2.05, 4.69) is 11.9 Å². The lowest BCUT2D eigenvalue weighted by Crippen LogP contribution is -2.14. The summed E-state index contributed by atoms with van der Waals surface area (Å²) in [6, 6.07) is 11.0. The third kappa shape index (κ3) is 3.67. The van der Waals surface area contributed by atoms with Crippen molar-refractivity contribution in [1.29, 1.82) is 0 Å². The molecule has 0 unspecified atom stereocenters. The third-order valence-corrected chi connectivity index (χ3v) is 5.18. The van der Waals surface area contributed by atoms with Crippen LogP contribution in [0.25, 0.3) is 11.0 Å². The van der Waals surface area contributed by atoms with Gasteiger partial charge in [-0.1, -0.05) is 57.0 Å². The van der Waals surface area contributed by atoms with Crippen LogP contribution in [0.2, 0.25) is 5.02 Å². The predicted molar refractivity (Wildman–Crippen MR) is 112 cm³/mol. The number of aromatic nitrogens is 2. The lowest BCUT2D eigenvalue weighted by Gasteiger charge is -2.13. The van der Waals surface area contributed by atoms with Gasteiger partial charge in [-0.15, -0.1) is 0 Å². The number of carbonyl (C=O) groups excluding carboxylic acids is 2. The quantitative estimate of drug-likeness (QED) is 0.590. The molecule has 0 spiro atoms. The molecule has 0 aliphatic rings. The number of ketones is 1. The van der Waals surface area contributed by atoms with Crippen LogP contribution in [0, 0.1) is 5.92 Å². The minimum absolute atomic E-state index is 0.0694. The molecule has 0 saturated heterocycles. The van der Waals surface area contributed by atoms with Crippen LogP contribution in [0.15, 0.2) is 36.4 Å². The highest BCUT2D eigenvalue weighted by Gasteiger charge is 2.25. The Balaban J connectivity index is 2.33. The number of pyridine rings is 1. The number of halogens is 1. The van der Waals surface area contributed by atoms with Crippen LogP contribution < -0.4 is 5.73 Å². The topological polar surface area (TPSA) is 78.0 Å². The van der Waals surface area contributed by atoms with Gasteiger partial charge in [0.2, 0.25) is 0 Å². The van der Waals surface area contributed by atoms with Crippen LogP contribution >= 0.6 is 11.6 Å². The van der Waals surface area contributed by atoms with Gasteiger partial charge in [0.25, 0.3) is 5.91 Å². The number of primary amides is 1. The lowest BCUT2D eigenvalue weighted by molar-refractivity contribution is 0.0939. The molecule has 6 heteroatoms. The summed E-state index contributed by atoms with van der Waals surface area (Å²) in [5.41, 5.74) is 8.74. The molecule has 146 valence electrons. The van der Waals surface area contributed by atoms with E-state index in [4.69, 9.17) is 17.3 Å². The van der Waals surface area contributed by atoms with E-state index < -0.39 is 5.91 Å². The maximum absolute atomic E-state index is 13.0. The normalized spacial score (nSPS) is 11.3. The van der Waals surface area contributed by atoms with Crippen molar-refractivity contribution in [3.05, 3.63) is 63.9 Å². The zero-order valence-corrected chi connectivity index (χ0v) is 17.1. The highest BCUT2D eigenvalue weighted by Crippen LogP contribution is 2.30. The van der Waals surface area contributed by atoms with E-state index in [1.54, 1.807) is 12.1 Å². The number of fused-ring (bicyclic) bond motifs is 1. The van der Waals surface area contributed by atoms with Crippen LogP contribution in [-0.4, -0.2) is 21.2 Å². The fraction of sp³-hybridized carbons (Fsp3) is 0.318. The number of nitrogens with two attached hydrogens (primary N) is 1. The van der Waals surface area contributed by atoms with Crippen LogP contribution in [0.5, 0.6) is 0 Å². The Labute approximate surface area is 169 Å². The number of Topliss-reactive ketones (excluding diaryl/α,β-unsaturated/α-hetero) is 1. The minimum Gasteiger partial charge on any atom is -0.364 e. The van der Waals surface area contributed by atoms with Crippen molar-refractivity contribution in [3.63, 3.8) is 0 Å². The Morgan fingerprint density at radius 2 is 1.89 bits per heavy atom. The SMILES string of the molecule is CCCc1c(C(=O)C(C)C)c2ccc(C(N)=O)nc2n1Cc1ccccc1Cl. The molecule has 1 amide bonds. The zero-order valence-electron chi connectivity index (χ0n) is 16.3. The van der Waals surface area contributed by atoms with E-state index in [1.807, 2.05) is 42.7 Å². The molecule has 2 aromatic heterocycles. The number of amides is 1. The van der Waals surface area contributed by atoms with Crippen molar-refractivity contribution in [2.24, 2.45) is 11.7 Å². The number of hydrogen-bond donors (Lipinski definition) is 1. The summed E-state index contributed by atoms with van der Waals surface area (Å²) in [6.45, 7) is 6.32. The highest BCUT2D eigenvalue weighted by molar-refractivity contribution is 6.31. The molecule has 5 nitrogen and oxygen atoms in total. The van der Waals surface area contributed by atoms with Crippen molar-refractivity contribution in [2.75, 3.05) is 0 Å². The van der Waals surface area contributed by atoms with Crippen molar-refractivity contribution >= 4 is 34.3 Å². The summed E-state index contributed by atoms with van der Waals surface area (Å²) in [7, 11) is 0. The molecule has 0 fully saturated rings. The molecule has 28 heavy (non-hydrogen) atoms. The molecule has 0 aliphatic heterocycles. The first-order chi connectivity index (χ1) is 13.3. The van der Waals surface area contributed by atoms with Gasteiger partial charge in [-0.25, -0.2) is 4.98 Å². The second-order valence-corrected chi connectivity index (χ2v) is 7.61. The van der Waals surface area contributed by atoms with E-state index in [9.17, 15) is 9.59 Å². The maximum atomic E-state index is 13.0. The van der Waals surface area contributed by atoms with Crippen molar-refractivity contribution in [2.45, 2.75) is 40.2 Å². The molecule has 3 aromatic rings. The first-order valence-corrected chi connectivity index (χ1v) is 9.82. The minimum atomic E-state index is -0.596. The summed E-state index contributed by atoms with van der Waals surface area (Å²) in [5.74, 6) is -0.674. The van der Waals surface area contributed by atoms with Gasteiger partial charge in [-0.05, 0) is 30.2 Å². The second-order valence-electron chi connectivity index (χ2n) is 7.20. The zero-order chi connectivity index (χ0) is 20.4.